The van der Waals surface area contributed by atoms with Crippen LogP contribution in [0.25, 0.3) is 22.0 Å². The molecule has 0 saturated heterocycles. The zero-order chi connectivity index (χ0) is 27.2. The first-order valence-corrected chi connectivity index (χ1v) is 12.6. The summed E-state index contributed by atoms with van der Waals surface area (Å²) in [5.41, 5.74) is -1.95. The van der Waals surface area contributed by atoms with Gasteiger partial charge in [-0.15, -0.1) is 0 Å². The number of nitrogens with zero attached hydrogens (tertiary/aromatic N) is 2. The molecule has 0 unspecified atom stereocenters. The van der Waals surface area contributed by atoms with Crippen molar-refractivity contribution in [2.45, 2.75) is 46.0 Å². The summed E-state index contributed by atoms with van der Waals surface area (Å²) < 4.78 is 109. The number of alkyl halides is 5. The standard InChI is InChI=1S/C24H27F6N3O2S/c1-23(2,3)12-33-11-17(21(22(26)27)32(4)13-36(31,34)35)16-9-19(25)15(10-20(16)33)14-7-5-6-8-18(14)24(28,29)30/h5-11,21-22H,12-13H2,1-4H3,(H2,31,34,35)/t21-/m0/s1. The minimum Gasteiger partial charge on any atom is -0.347 e. The second-order valence-corrected chi connectivity index (χ2v) is 11.6. The zero-order valence-electron chi connectivity index (χ0n) is 20.1. The molecule has 1 aromatic heterocycles. The van der Waals surface area contributed by atoms with Gasteiger partial charge in [-0.3, -0.25) is 4.90 Å². The molecule has 0 spiro atoms. The van der Waals surface area contributed by atoms with Gasteiger partial charge in [0.1, 0.15) is 11.7 Å². The van der Waals surface area contributed by atoms with Crippen LogP contribution in [0.5, 0.6) is 0 Å². The molecule has 36 heavy (non-hydrogen) atoms. The number of primary sulfonamides is 1. The molecule has 0 aliphatic carbocycles. The van der Waals surface area contributed by atoms with Crippen molar-refractivity contribution in [2.75, 3.05) is 12.9 Å². The van der Waals surface area contributed by atoms with Gasteiger partial charge in [0.2, 0.25) is 10.0 Å². The van der Waals surface area contributed by atoms with Crippen LogP contribution in [0.15, 0.2) is 42.6 Å². The van der Waals surface area contributed by atoms with Crippen molar-refractivity contribution < 1.29 is 34.8 Å². The van der Waals surface area contributed by atoms with Gasteiger partial charge in [-0.05, 0) is 36.2 Å². The predicted molar refractivity (Wildman–Crippen MR) is 126 cm³/mol. The van der Waals surface area contributed by atoms with E-state index in [1.54, 1.807) is 4.57 Å². The van der Waals surface area contributed by atoms with Gasteiger partial charge in [-0.25, -0.2) is 26.7 Å². The molecule has 3 aromatic rings. The number of rotatable bonds is 7. The fourth-order valence-electron chi connectivity index (χ4n) is 4.32. The van der Waals surface area contributed by atoms with Crippen LogP contribution in [0.2, 0.25) is 0 Å². The third kappa shape index (κ3) is 6.22. The molecule has 1 heterocycles. The van der Waals surface area contributed by atoms with Crippen LogP contribution in [0.4, 0.5) is 26.3 Å². The summed E-state index contributed by atoms with van der Waals surface area (Å²) in [6.45, 7) is 5.89. The first kappa shape index (κ1) is 28.0. The van der Waals surface area contributed by atoms with E-state index in [0.717, 1.165) is 30.1 Å². The van der Waals surface area contributed by atoms with Crippen molar-refractivity contribution in [3.05, 3.63) is 59.5 Å². The van der Waals surface area contributed by atoms with Crippen LogP contribution in [-0.2, 0) is 22.7 Å². The maximum absolute atomic E-state index is 15.3. The number of aromatic nitrogens is 1. The van der Waals surface area contributed by atoms with Crippen LogP contribution in [-0.4, -0.2) is 37.2 Å². The molecule has 3 rings (SSSR count). The first-order valence-electron chi connectivity index (χ1n) is 10.9. The summed E-state index contributed by atoms with van der Waals surface area (Å²) in [5, 5.41) is 5.08. The van der Waals surface area contributed by atoms with Gasteiger partial charge in [0.25, 0.3) is 6.43 Å². The normalized spacial score (nSPS) is 14.2. The number of hydrogen-bond acceptors (Lipinski definition) is 3. The van der Waals surface area contributed by atoms with E-state index in [2.05, 4.69) is 0 Å². The molecule has 12 heteroatoms. The van der Waals surface area contributed by atoms with Crippen molar-refractivity contribution in [1.29, 1.82) is 0 Å². The molecule has 0 fully saturated rings. The lowest BCUT2D eigenvalue weighted by molar-refractivity contribution is -0.137. The quantitative estimate of drug-likeness (QED) is 0.378. The van der Waals surface area contributed by atoms with E-state index >= 15 is 4.39 Å². The smallest absolute Gasteiger partial charge is 0.347 e. The van der Waals surface area contributed by atoms with Gasteiger partial charge >= 0.3 is 6.18 Å². The first-order chi connectivity index (χ1) is 16.4. The number of nitrogens with two attached hydrogens (primary N) is 1. The molecule has 1 atom stereocenters. The zero-order valence-corrected chi connectivity index (χ0v) is 20.9. The Morgan fingerprint density at radius 3 is 2.19 bits per heavy atom. The molecule has 0 radical (unpaired) electrons. The monoisotopic (exact) mass is 535 g/mol. The number of hydrogen-bond donors (Lipinski definition) is 1. The second-order valence-electron chi connectivity index (χ2n) is 9.99. The molecular formula is C24H27F6N3O2S. The Hall–Kier alpha value is -2.57. The summed E-state index contributed by atoms with van der Waals surface area (Å²) in [7, 11) is -3.00. The third-order valence-electron chi connectivity index (χ3n) is 5.58. The number of halogens is 6. The summed E-state index contributed by atoms with van der Waals surface area (Å²) in [4.78, 5) is 0.848. The van der Waals surface area contributed by atoms with Gasteiger partial charge in [0.15, 0.2) is 0 Å². The molecule has 0 amide bonds. The van der Waals surface area contributed by atoms with E-state index in [1.807, 2.05) is 20.8 Å². The average molecular weight is 536 g/mol. The van der Waals surface area contributed by atoms with E-state index in [9.17, 15) is 30.4 Å². The largest absolute Gasteiger partial charge is 0.417 e. The van der Waals surface area contributed by atoms with Crippen molar-refractivity contribution in [1.82, 2.24) is 9.47 Å². The number of sulfonamides is 1. The fraction of sp³-hybridized carbons (Fsp3) is 0.417. The van der Waals surface area contributed by atoms with E-state index in [4.69, 9.17) is 5.14 Å². The maximum Gasteiger partial charge on any atom is 0.417 e. The molecule has 0 saturated carbocycles. The Balaban J connectivity index is 2.32. The van der Waals surface area contributed by atoms with Gasteiger partial charge in [0, 0.05) is 34.8 Å². The highest BCUT2D eigenvalue weighted by Crippen LogP contribution is 2.41. The maximum atomic E-state index is 15.3. The molecule has 2 aromatic carbocycles. The number of fused-ring (bicyclic) bond motifs is 1. The van der Waals surface area contributed by atoms with Crippen molar-refractivity contribution >= 4 is 20.9 Å². The molecule has 0 bridgehead atoms. The van der Waals surface area contributed by atoms with Crippen LogP contribution in [0.3, 0.4) is 0 Å². The topological polar surface area (TPSA) is 68.3 Å². The second kappa shape index (κ2) is 9.71. The van der Waals surface area contributed by atoms with E-state index < -0.39 is 45.9 Å². The lowest BCUT2D eigenvalue weighted by atomic mass is 9.95. The van der Waals surface area contributed by atoms with Crippen LogP contribution < -0.4 is 5.14 Å². The highest BCUT2D eigenvalue weighted by Gasteiger charge is 2.35. The summed E-state index contributed by atoms with van der Waals surface area (Å²) >= 11 is 0. The number of benzene rings is 2. The Kier molecular flexibility index (Phi) is 7.56. The van der Waals surface area contributed by atoms with Gasteiger partial charge in [-0.1, -0.05) is 39.0 Å². The molecule has 0 aliphatic heterocycles. The Labute approximate surface area is 205 Å². The van der Waals surface area contributed by atoms with Gasteiger partial charge in [0.05, 0.1) is 11.6 Å². The minimum absolute atomic E-state index is 0.0385. The highest BCUT2D eigenvalue weighted by atomic mass is 32.2. The van der Waals surface area contributed by atoms with Crippen LogP contribution >= 0.6 is 0 Å². The summed E-state index contributed by atoms with van der Waals surface area (Å²) in [6, 6.07) is 4.90. The van der Waals surface area contributed by atoms with Crippen molar-refractivity contribution in [3.63, 3.8) is 0 Å². The Bertz CT molecular complexity index is 1360. The molecule has 198 valence electrons. The summed E-state index contributed by atoms with van der Waals surface area (Å²) in [6.07, 6.45) is -6.45. The van der Waals surface area contributed by atoms with Crippen molar-refractivity contribution in [3.8, 4) is 11.1 Å². The fourth-order valence-corrected chi connectivity index (χ4v) is 5.04. The molecular weight excluding hydrogens is 508 g/mol. The average Bonchev–Trinajstić information content (AvgIpc) is 3.00. The third-order valence-corrected chi connectivity index (χ3v) is 6.35. The van der Waals surface area contributed by atoms with Crippen LogP contribution in [0, 0.1) is 11.2 Å². The Morgan fingerprint density at radius 2 is 1.67 bits per heavy atom. The lowest BCUT2D eigenvalue weighted by Gasteiger charge is -2.26. The van der Waals surface area contributed by atoms with E-state index in [1.165, 1.54) is 24.4 Å². The molecule has 0 aliphatic rings. The predicted octanol–water partition coefficient (Wildman–Crippen LogP) is 6.00. The minimum atomic E-state index is -4.74. The molecule has 2 N–H and O–H groups in total. The van der Waals surface area contributed by atoms with Gasteiger partial charge in [-0.2, -0.15) is 13.2 Å². The SMILES string of the molecule is CN(CS(N)(=O)=O)[C@@H](c1cn(CC(C)(C)C)c2cc(-c3ccccc3C(F)(F)F)c(F)cc12)C(F)F. The van der Waals surface area contributed by atoms with E-state index in [-0.39, 0.29) is 39.6 Å². The lowest BCUT2D eigenvalue weighted by Crippen LogP contribution is -2.36. The Morgan fingerprint density at radius 1 is 1.06 bits per heavy atom. The summed E-state index contributed by atoms with van der Waals surface area (Å²) in [5.74, 6) is -1.91. The molecule has 5 nitrogen and oxygen atoms in total. The van der Waals surface area contributed by atoms with E-state index in [0.29, 0.717) is 0 Å². The van der Waals surface area contributed by atoms with Gasteiger partial charge < -0.3 is 4.57 Å². The highest BCUT2D eigenvalue weighted by molar-refractivity contribution is 7.89. The van der Waals surface area contributed by atoms with Crippen LogP contribution in [0.1, 0.15) is 37.9 Å². The van der Waals surface area contributed by atoms with Crippen molar-refractivity contribution in [2.24, 2.45) is 10.6 Å².